The predicted octanol–water partition coefficient (Wildman–Crippen LogP) is 1.46. The number of nitrogens with one attached hydrogen (secondary N) is 2. The van der Waals surface area contributed by atoms with Crippen molar-refractivity contribution in [2.24, 2.45) is 0 Å². The molecule has 0 aliphatic carbocycles. The summed E-state index contributed by atoms with van der Waals surface area (Å²) in [6.45, 7) is 0.629. The van der Waals surface area contributed by atoms with Crippen LogP contribution < -0.4 is 10.6 Å². The number of halogens is 1. The highest BCUT2D eigenvalue weighted by Crippen LogP contribution is 2.11. The average molecular weight is 297 g/mol. The molecule has 1 fully saturated rings. The van der Waals surface area contributed by atoms with Gasteiger partial charge in [0, 0.05) is 29.0 Å². The second kappa shape index (κ2) is 5.31. The molecule has 0 saturated carbocycles. The molecule has 2 rings (SSSR count). The van der Waals surface area contributed by atoms with E-state index in [2.05, 4.69) is 26.6 Å². The zero-order valence-corrected chi connectivity index (χ0v) is 10.8. The first-order valence-corrected chi connectivity index (χ1v) is 6.27. The van der Waals surface area contributed by atoms with E-state index in [4.69, 9.17) is 0 Å². The number of piperidine rings is 1. The molecule has 1 aromatic carbocycles. The van der Waals surface area contributed by atoms with Crippen molar-refractivity contribution in [2.75, 3.05) is 6.54 Å². The first-order valence-electron chi connectivity index (χ1n) is 5.48. The Morgan fingerprint density at radius 1 is 1.35 bits per heavy atom. The van der Waals surface area contributed by atoms with Crippen LogP contribution in [-0.2, 0) is 4.79 Å². The number of carbonyl (C=O) groups is 2. The van der Waals surface area contributed by atoms with Gasteiger partial charge < -0.3 is 10.6 Å². The molecular formula is C12H13BrN2O2. The van der Waals surface area contributed by atoms with Crippen molar-refractivity contribution in [3.8, 4) is 0 Å². The van der Waals surface area contributed by atoms with Crippen LogP contribution >= 0.6 is 15.9 Å². The molecule has 1 aliphatic heterocycles. The van der Waals surface area contributed by atoms with E-state index in [0.717, 1.165) is 10.9 Å². The molecule has 0 radical (unpaired) electrons. The van der Waals surface area contributed by atoms with Gasteiger partial charge in [0.25, 0.3) is 5.91 Å². The quantitative estimate of drug-likeness (QED) is 0.868. The van der Waals surface area contributed by atoms with E-state index in [1.807, 2.05) is 12.1 Å². The van der Waals surface area contributed by atoms with Crippen LogP contribution in [0.2, 0.25) is 0 Å². The third kappa shape index (κ3) is 3.30. The lowest BCUT2D eigenvalue weighted by Gasteiger charge is -2.23. The van der Waals surface area contributed by atoms with E-state index in [1.165, 1.54) is 0 Å². The molecule has 1 aromatic rings. The van der Waals surface area contributed by atoms with E-state index in [0.29, 0.717) is 18.5 Å². The zero-order valence-electron chi connectivity index (χ0n) is 9.20. The number of hydrogen-bond acceptors (Lipinski definition) is 2. The molecule has 2 N–H and O–H groups in total. The van der Waals surface area contributed by atoms with Gasteiger partial charge in [-0.1, -0.05) is 15.9 Å². The van der Waals surface area contributed by atoms with E-state index in [-0.39, 0.29) is 17.9 Å². The van der Waals surface area contributed by atoms with Gasteiger partial charge in [0.05, 0.1) is 0 Å². The van der Waals surface area contributed by atoms with E-state index in [1.54, 1.807) is 12.1 Å². The lowest BCUT2D eigenvalue weighted by molar-refractivity contribution is -0.122. The summed E-state index contributed by atoms with van der Waals surface area (Å²) in [6, 6.07) is 7.09. The summed E-state index contributed by atoms with van der Waals surface area (Å²) >= 11 is 3.32. The third-order valence-electron chi connectivity index (χ3n) is 2.69. The normalized spacial score (nSPS) is 19.6. The van der Waals surface area contributed by atoms with Gasteiger partial charge in [-0.2, -0.15) is 0 Å². The van der Waals surface area contributed by atoms with Crippen molar-refractivity contribution in [2.45, 2.75) is 18.9 Å². The highest BCUT2D eigenvalue weighted by molar-refractivity contribution is 9.10. The molecule has 0 spiro atoms. The number of benzene rings is 1. The van der Waals surface area contributed by atoms with Crippen molar-refractivity contribution in [1.82, 2.24) is 10.6 Å². The van der Waals surface area contributed by atoms with Gasteiger partial charge in [-0.15, -0.1) is 0 Å². The summed E-state index contributed by atoms with van der Waals surface area (Å²) in [5.74, 6) is -0.130. The Balaban J connectivity index is 1.96. The summed E-state index contributed by atoms with van der Waals surface area (Å²) in [4.78, 5) is 23.0. The van der Waals surface area contributed by atoms with Gasteiger partial charge in [0.1, 0.15) is 0 Å². The highest BCUT2D eigenvalue weighted by Gasteiger charge is 2.20. The van der Waals surface area contributed by atoms with Crippen LogP contribution in [0.4, 0.5) is 0 Å². The molecule has 1 heterocycles. The smallest absolute Gasteiger partial charge is 0.251 e. The molecular weight excluding hydrogens is 284 g/mol. The van der Waals surface area contributed by atoms with Gasteiger partial charge >= 0.3 is 0 Å². The van der Waals surface area contributed by atoms with Crippen molar-refractivity contribution in [3.63, 3.8) is 0 Å². The van der Waals surface area contributed by atoms with Crippen LogP contribution in [0.1, 0.15) is 23.2 Å². The molecule has 2 amide bonds. The van der Waals surface area contributed by atoms with Gasteiger partial charge in [0.15, 0.2) is 0 Å². The Kier molecular flexibility index (Phi) is 3.78. The number of rotatable bonds is 2. The Morgan fingerprint density at radius 2 is 2.06 bits per heavy atom. The molecule has 0 bridgehead atoms. The van der Waals surface area contributed by atoms with Crippen LogP contribution in [0.15, 0.2) is 28.7 Å². The van der Waals surface area contributed by atoms with Crippen molar-refractivity contribution >= 4 is 27.7 Å². The molecule has 1 unspecified atom stereocenters. The van der Waals surface area contributed by atoms with E-state index in [9.17, 15) is 9.59 Å². The maximum Gasteiger partial charge on any atom is 0.251 e. The maximum atomic E-state index is 11.9. The number of carbonyl (C=O) groups excluding carboxylic acids is 2. The summed E-state index contributed by atoms with van der Waals surface area (Å²) in [7, 11) is 0. The largest absolute Gasteiger partial charge is 0.356 e. The second-order valence-electron chi connectivity index (χ2n) is 4.02. The molecule has 5 heteroatoms. The highest BCUT2D eigenvalue weighted by atomic mass is 79.9. The Morgan fingerprint density at radius 3 is 2.71 bits per heavy atom. The Hall–Kier alpha value is -1.36. The first-order chi connectivity index (χ1) is 8.15. The van der Waals surface area contributed by atoms with E-state index >= 15 is 0 Å². The van der Waals surface area contributed by atoms with Gasteiger partial charge in [0.2, 0.25) is 5.91 Å². The summed E-state index contributed by atoms with van der Waals surface area (Å²) < 4.78 is 0.936. The van der Waals surface area contributed by atoms with Crippen molar-refractivity contribution < 1.29 is 9.59 Å². The monoisotopic (exact) mass is 296 g/mol. The SMILES string of the molecule is O=C1CC(NC(=O)c2ccc(Br)cc2)CCN1. The molecule has 90 valence electrons. The van der Waals surface area contributed by atoms with Gasteiger partial charge in [-0.25, -0.2) is 0 Å². The van der Waals surface area contributed by atoms with Crippen LogP contribution in [0, 0.1) is 0 Å². The Labute approximate surface area is 108 Å². The third-order valence-corrected chi connectivity index (χ3v) is 3.22. The van der Waals surface area contributed by atoms with Crippen LogP contribution in [0.5, 0.6) is 0 Å². The predicted molar refractivity (Wildman–Crippen MR) is 67.6 cm³/mol. The molecule has 1 aliphatic rings. The number of amides is 2. The maximum absolute atomic E-state index is 11.9. The lowest BCUT2D eigenvalue weighted by atomic mass is 10.1. The molecule has 1 saturated heterocycles. The minimum absolute atomic E-state index is 0.00245. The van der Waals surface area contributed by atoms with Crippen LogP contribution in [-0.4, -0.2) is 24.4 Å². The first kappa shape index (κ1) is 12.1. The second-order valence-corrected chi connectivity index (χ2v) is 4.94. The van der Waals surface area contributed by atoms with Crippen LogP contribution in [0.25, 0.3) is 0 Å². The molecule has 4 nitrogen and oxygen atoms in total. The Bertz CT molecular complexity index is 431. The van der Waals surface area contributed by atoms with Crippen LogP contribution in [0.3, 0.4) is 0 Å². The van der Waals surface area contributed by atoms with Gasteiger partial charge in [-0.3, -0.25) is 9.59 Å². The number of hydrogen-bond donors (Lipinski definition) is 2. The van der Waals surface area contributed by atoms with Crippen molar-refractivity contribution in [3.05, 3.63) is 34.3 Å². The van der Waals surface area contributed by atoms with Gasteiger partial charge in [-0.05, 0) is 30.7 Å². The van der Waals surface area contributed by atoms with E-state index < -0.39 is 0 Å². The summed E-state index contributed by atoms with van der Waals surface area (Å²) in [6.07, 6.45) is 1.15. The fraction of sp³-hybridized carbons (Fsp3) is 0.333. The minimum atomic E-state index is -0.128. The summed E-state index contributed by atoms with van der Waals surface area (Å²) in [5.41, 5.74) is 0.610. The average Bonchev–Trinajstić information content (AvgIpc) is 2.29. The summed E-state index contributed by atoms with van der Waals surface area (Å²) in [5, 5.41) is 5.61. The molecule has 1 atom stereocenters. The fourth-order valence-electron chi connectivity index (χ4n) is 1.78. The standard InChI is InChI=1S/C12H13BrN2O2/c13-9-3-1-8(2-4-9)12(17)15-10-5-6-14-11(16)7-10/h1-4,10H,5-7H2,(H,14,16)(H,15,17). The molecule has 17 heavy (non-hydrogen) atoms. The fourth-order valence-corrected chi connectivity index (χ4v) is 2.04. The van der Waals surface area contributed by atoms with Crippen molar-refractivity contribution in [1.29, 1.82) is 0 Å². The topological polar surface area (TPSA) is 58.2 Å². The zero-order chi connectivity index (χ0) is 12.3. The minimum Gasteiger partial charge on any atom is -0.356 e. The lowest BCUT2D eigenvalue weighted by Crippen LogP contribution is -2.45. The molecule has 0 aromatic heterocycles.